The van der Waals surface area contributed by atoms with Crippen LogP contribution in [0.1, 0.15) is 11.1 Å². The smallest absolute Gasteiger partial charge is 0.227 e. The number of morpholine rings is 1. The van der Waals surface area contributed by atoms with Crippen LogP contribution in [-0.4, -0.2) is 75.6 Å². The third kappa shape index (κ3) is 3.21. The predicted octanol–water partition coefficient (Wildman–Crippen LogP) is 1.49. The van der Waals surface area contributed by atoms with Crippen LogP contribution in [0.3, 0.4) is 0 Å². The Morgan fingerprint density at radius 2 is 1.97 bits per heavy atom. The molecule has 3 fully saturated rings. The number of ether oxygens (including phenoxy) is 1. The number of carbonyl (C=O) groups excluding carboxylic acids is 1. The summed E-state index contributed by atoms with van der Waals surface area (Å²) in [6.07, 6.45) is 0.284. The standard InChI is InChI=1S/C24H26N4O4/c29-13-18-19-11-27(10-17-7-4-8-20-23(17)26-32-25-20)14-24(19)15-28(12-21(18)31-24)22(30)9-16-5-2-1-3-6-16/h1-8,18-19,21,29H,9-15H2/t18-,19+,21+,24-/m0/s1. The largest absolute Gasteiger partial charge is 0.396 e. The van der Waals surface area contributed by atoms with E-state index < -0.39 is 5.60 Å². The summed E-state index contributed by atoms with van der Waals surface area (Å²) in [4.78, 5) is 17.4. The summed E-state index contributed by atoms with van der Waals surface area (Å²) in [5, 5.41) is 18.2. The lowest BCUT2D eigenvalue weighted by Crippen LogP contribution is -2.56. The molecule has 2 aromatic carbocycles. The van der Waals surface area contributed by atoms with Crippen LogP contribution in [0.2, 0.25) is 0 Å². The molecule has 4 heterocycles. The van der Waals surface area contributed by atoms with Crippen molar-refractivity contribution < 1.29 is 19.3 Å². The van der Waals surface area contributed by atoms with Gasteiger partial charge in [0.25, 0.3) is 0 Å². The molecule has 1 N–H and O–H groups in total. The molecule has 0 radical (unpaired) electrons. The van der Waals surface area contributed by atoms with Gasteiger partial charge in [0.1, 0.15) is 16.6 Å². The molecule has 0 saturated carbocycles. The quantitative estimate of drug-likeness (QED) is 0.650. The Morgan fingerprint density at radius 3 is 2.81 bits per heavy atom. The number of benzene rings is 2. The van der Waals surface area contributed by atoms with Gasteiger partial charge in [-0.1, -0.05) is 42.5 Å². The average molecular weight is 434 g/mol. The summed E-state index contributed by atoms with van der Waals surface area (Å²) in [5.41, 5.74) is 3.18. The van der Waals surface area contributed by atoms with Crippen molar-refractivity contribution >= 4 is 16.9 Å². The number of amides is 1. The minimum atomic E-state index is -0.432. The van der Waals surface area contributed by atoms with Crippen molar-refractivity contribution in [3.8, 4) is 0 Å². The molecule has 3 aliphatic heterocycles. The Bertz CT molecular complexity index is 1140. The highest BCUT2D eigenvalue weighted by atomic mass is 16.6. The van der Waals surface area contributed by atoms with Crippen LogP contribution < -0.4 is 0 Å². The number of aromatic nitrogens is 2. The summed E-state index contributed by atoms with van der Waals surface area (Å²) >= 11 is 0. The summed E-state index contributed by atoms with van der Waals surface area (Å²) in [5.74, 6) is 0.360. The molecule has 166 valence electrons. The molecule has 0 unspecified atom stereocenters. The average Bonchev–Trinajstić information content (AvgIpc) is 3.45. The van der Waals surface area contributed by atoms with Gasteiger partial charge in [0.05, 0.1) is 19.1 Å². The number of rotatable bonds is 5. The van der Waals surface area contributed by atoms with Gasteiger partial charge in [0.2, 0.25) is 5.91 Å². The van der Waals surface area contributed by atoms with Crippen molar-refractivity contribution in [2.75, 3.05) is 32.8 Å². The van der Waals surface area contributed by atoms with Crippen molar-refractivity contribution in [2.45, 2.75) is 24.7 Å². The van der Waals surface area contributed by atoms with E-state index in [4.69, 9.17) is 9.37 Å². The van der Waals surface area contributed by atoms with Gasteiger partial charge in [-0.3, -0.25) is 9.69 Å². The number of aliphatic hydroxyl groups excluding tert-OH is 1. The number of aliphatic hydroxyl groups is 1. The molecule has 2 bridgehead atoms. The van der Waals surface area contributed by atoms with Crippen molar-refractivity contribution in [3.63, 3.8) is 0 Å². The van der Waals surface area contributed by atoms with Crippen molar-refractivity contribution in [1.29, 1.82) is 0 Å². The minimum absolute atomic E-state index is 0.0408. The second-order valence-electron chi connectivity index (χ2n) is 9.33. The Morgan fingerprint density at radius 1 is 1.09 bits per heavy atom. The maximum Gasteiger partial charge on any atom is 0.227 e. The fraction of sp³-hybridized carbons (Fsp3) is 0.458. The first-order valence-corrected chi connectivity index (χ1v) is 11.2. The van der Waals surface area contributed by atoms with Crippen molar-refractivity contribution in [1.82, 2.24) is 20.1 Å². The van der Waals surface area contributed by atoms with Gasteiger partial charge in [-0.15, -0.1) is 0 Å². The lowest BCUT2D eigenvalue weighted by Gasteiger charge is -2.40. The first-order chi connectivity index (χ1) is 15.6. The summed E-state index contributed by atoms with van der Waals surface area (Å²) < 4.78 is 11.5. The maximum atomic E-state index is 13.1. The van der Waals surface area contributed by atoms with Crippen molar-refractivity contribution in [2.24, 2.45) is 11.8 Å². The zero-order valence-electron chi connectivity index (χ0n) is 17.8. The van der Waals surface area contributed by atoms with Gasteiger partial charge in [-0.25, -0.2) is 4.63 Å². The van der Waals surface area contributed by atoms with Gasteiger partial charge < -0.3 is 14.7 Å². The SMILES string of the molecule is O=C(Cc1ccccc1)N1C[C@H]2O[C@@]3(CN(Cc4cccc5nonc45)C[C@@H]3[C@@H]2CO)C1. The van der Waals surface area contributed by atoms with Gasteiger partial charge in [0, 0.05) is 44.6 Å². The highest BCUT2D eigenvalue weighted by Crippen LogP contribution is 2.49. The van der Waals surface area contributed by atoms with E-state index in [0.717, 1.165) is 35.2 Å². The molecule has 3 aromatic rings. The minimum Gasteiger partial charge on any atom is -0.396 e. The molecule has 32 heavy (non-hydrogen) atoms. The number of nitrogens with zero attached hydrogens (tertiary/aromatic N) is 4. The third-order valence-electron chi connectivity index (χ3n) is 7.39. The first-order valence-electron chi connectivity index (χ1n) is 11.2. The molecule has 0 aliphatic carbocycles. The molecule has 8 heteroatoms. The molecular formula is C24H26N4O4. The molecular weight excluding hydrogens is 408 g/mol. The molecule has 6 rings (SSSR count). The van der Waals surface area contributed by atoms with Crippen LogP contribution in [0.4, 0.5) is 0 Å². The normalized spacial score (nSPS) is 29.5. The second kappa shape index (κ2) is 7.65. The lowest BCUT2D eigenvalue weighted by atomic mass is 9.83. The predicted molar refractivity (Wildman–Crippen MR) is 115 cm³/mol. The Hall–Kier alpha value is -2.81. The van der Waals surface area contributed by atoms with Crippen molar-refractivity contribution in [3.05, 3.63) is 59.7 Å². The van der Waals surface area contributed by atoms with Gasteiger partial charge in [0.15, 0.2) is 0 Å². The molecule has 4 atom stereocenters. The number of likely N-dealkylation sites (tertiary alicyclic amines) is 2. The molecule has 1 aromatic heterocycles. The van der Waals surface area contributed by atoms with E-state index in [9.17, 15) is 9.90 Å². The molecule has 3 aliphatic rings. The Labute approximate surface area is 185 Å². The summed E-state index contributed by atoms with van der Waals surface area (Å²) in [6, 6.07) is 15.7. The zero-order valence-corrected chi connectivity index (χ0v) is 17.8. The highest BCUT2D eigenvalue weighted by Gasteiger charge is 2.62. The van der Waals surface area contributed by atoms with Crippen LogP contribution in [-0.2, 0) is 22.5 Å². The van der Waals surface area contributed by atoms with E-state index in [2.05, 4.69) is 15.2 Å². The number of carbonyl (C=O) groups is 1. The lowest BCUT2D eigenvalue weighted by molar-refractivity contribution is -0.153. The van der Waals surface area contributed by atoms with E-state index in [1.54, 1.807) is 0 Å². The third-order valence-corrected chi connectivity index (χ3v) is 7.39. The topological polar surface area (TPSA) is 91.9 Å². The Balaban J connectivity index is 1.22. The van der Waals surface area contributed by atoms with Gasteiger partial charge >= 0.3 is 0 Å². The van der Waals surface area contributed by atoms with Crippen LogP contribution in [0.25, 0.3) is 11.0 Å². The van der Waals surface area contributed by atoms with E-state index in [1.807, 2.05) is 53.4 Å². The van der Waals surface area contributed by atoms with Crippen LogP contribution in [0.5, 0.6) is 0 Å². The molecule has 8 nitrogen and oxygen atoms in total. The van der Waals surface area contributed by atoms with E-state index >= 15 is 0 Å². The molecule has 1 amide bonds. The fourth-order valence-corrected chi connectivity index (χ4v) is 5.95. The van der Waals surface area contributed by atoms with E-state index in [0.29, 0.717) is 26.1 Å². The van der Waals surface area contributed by atoms with E-state index in [-0.39, 0.29) is 30.5 Å². The molecule has 1 spiro atoms. The zero-order chi connectivity index (χ0) is 21.7. The Kier molecular flexibility index (Phi) is 4.74. The monoisotopic (exact) mass is 434 g/mol. The fourth-order valence-electron chi connectivity index (χ4n) is 5.95. The second-order valence-corrected chi connectivity index (χ2v) is 9.33. The maximum absolute atomic E-state index is 13.1. The number of fused-ring (bicyclic) bond motifs is 2. The first kappa shape index (κ1) is 19.8. The van der Waals surface area contributed by atoms with Crippen LogP contribution in [0.15, 0.2) is 53.2 Å². The van der Waals surface area contributed by atoms with Gasteiger partial charge in [-0.05, 0) is 27.5 Å². The van der Waals surface area contributed by atoms with Gasteiger partial charge in [-0.2, -0.15) is 0 Å². The van der Waals surface area contributed by atoms with Crippen LogP contribution in [0, 0.1) is 11.8 Å². The number of hydrogen-bond acceptors (Lipinski definition) is 7. The number of hydrogen-bond donors (Lipinski definition) is 1. The van der Waals surface area contributed by atoms with E-state index in [1.165, 1.54) is 0 Å². The molecule has 3 saturated heterocycles. The summed E-state index contributed by atoms with van der Waals surface area (Å²) in [6.45, 7) is 3.45. The highest BCUT2D eigenvalue weighted by molar-refractivity contribution is 5.79. The van der Waals surface area contributed by atoms with Crippen LogP contribution >= 0.6 is 0 Å². The summed E-state index contributed by atoms with van der Waals surface area (Å²) in [7, 11) is 0.